The fourth-order valence-corrected chi connectivity index (χ4v) is 5.73. The number of allylic oxidation sites excluding steroid dienone is 3. The van der Waals surface area contributed by atoms with Gasteiger partial charge in [0.05, 0.1) is 29.1 Å². The van der Waals surface area contributed by atoms with Gasteiger partial charge in [-0.05, 0) is 29.3 Å². The molecule has 34 heavy (non-hydrogen) atoms. The number of rotatable bonds is 2. The number of nitriles is 1. The van der Waals surface area contributed by atoms with Crippen LogP contribution in [0.3, 0.4) is 0 Å². The van der Waals surface area contributed by atoms with Gasteiger partial charge in [-0.3, -0.25) is 4.99 Å². The van der Waals surface area contributed by atoms with Crippen LogP contribution in [0.4, 0.5) is 11.4 Å². The first-order valence-corrected chi connectivity index (χ1v) is 11.6. The lowest BCUT2D eigenvalue weighted by atomic mass is 9.88. The number of aliphatic imine (C=N–C) groups is 1. The van der Waals surface area contributed by atoms with Gasteiger partial charge < -0.3 is 9.32 Å². The summed E-state index contributed by atoms with van der Waals surface area (Å²) in [6, 6.07) is 23.6. The monoisotopic (exact) mass is 439 g/mol. The Kier molecular flexibility index (Phi) is 4.13. The van der Waals surface area contributed by atoms with E-state index >= 15 is 0 Å². The zero-order chi connectivity index (χ0) is 22.6. The van der Waals surface area contributed by atoms with Gasteiger partial charge in [-0.15, -0.1) is 0 Å². The first-order valence-electron chi connectivity index (χ1n) is 11.6. The maximum absolute atomic E-state index is 9.86. The summed E-state index contributed by atoms with van der Waals surface area (Å²) in [6.45, 7) is 0. The van der Waals surface area contributed by atoms with E-state index in [1.165, 1.54) is 11.3 Å². The highest BCUT2D eigenvalue weighted by Crippen LogP contribution is 2.54. The lowest BCUT2D eigenvalue weighted by Gasteiger charge is -2.32. The summed E-state index contributed by atoms with van der Waals surface area (Å²) in [4.78, 5) is 6.86. The fourth-order valence-electron chi connectivity index (χ4n) is 5.73. The summed E-state index contributed by atoms with van der Waals surface area (Å²) in [6.07, 6.45) is 13.2. The SMILES string of the molecule is N#CC1CC=NC=C1c1ccccc1N1c2c(ccc3oc4ccccc4c23)C2C=CC=CC21. The van der Waals surface area contributed by atoms with Gasteiger partial charge in [0, 0.05) is 41.4 Å². The van der Waals surface area contributed by atoms with Crippen molar-refractivity contribution in [3.8, 4) is 6.07 Å². The van der Waals surface area contributed by atoms with Crippen LogP contribution in [0.15, 0.2) is 101 Å². The summed E-state index contributed by atoms with van der Waals surface area (Å²) in [5, 5.41) is 12.1. The van der Waals surface area contributed by atoms with Gasteiger partial charge in [0.15, 0.2) is 0 Å². The Bertz CT molecular complexity index is 1630. The minimum Gasteiger partial charge on any atom is -0.456 e. The molecule has 0 saturated carbocycles. The molecule has 3 atom stereocenters. The van der Waals surface area contributed by atoms with E-state index in [-0.39, 0.29) is 17.9 Å². The molecule has 0 bridgehead atoms. The van der Waals surface area contributed by atoms with Crippen LogP contribution in [0, 0.1) is 17.2 Å². The molecule has 3 heterocycles. The molecule has 0 radical (unpaired) electrons. The fraction of sp³-hybridized carbons (Fsp3) is 0.133. The summed E-state index contributed by atoms with van der Waals surface area (Å²) >= 11 is 0. The van der Waals surface area contributed by atoms with E-state index in [0.29, 0.717) is 6.42 Å². The lowest BCUT2D eigenvalue weighted by molar-refractivity contribution is 0.669. The second-order valence-corrected chi connectivity index (χ2v) is 8.98. The summed E-state index contributed by atoms with van der Waals surface area (Å²) in [7, 11) is 0. The van der Waals surface area contributed by atoms with Crippen molar-refractivity contribution in [2.45, 2.75) is 18.4 Å². The van der Waals surface area contributed by atoms with Crippen molar-refractivity contribution in [2.24, 2.45) is 10.9 Å². The number of para-hydroxylation sites is 2. The predicted octanol–water partition coefficient (Wildman–Crippen LogP) is 7.27. The average Bonchev–Trinajstić information content (AvgIpc) is 3.44. The van der Waals surface area contributed by atoms with E-state index in [1.54, 1.807) is 0 Å². The van der Waals surface area contributed by atoms with E-state index in [0.717, 1.165) is 38.8 Å². The Morgan fingerprint density at radius 3 is 2.74 bits per heavy atom. The van der Waals surface area contributed by atoms with Crippen LogP contribution in [-0.2, 0) is 0 Å². The van der Waals surface area contributed by atoms with Crippen molar-refractivity contribution in [3.63, 3.8) is 0 Å². The van der Waals surface area contributed by atoms with Crippen LogP contribution in [0.1, 0.15) is 23.5 Å². The molecule has 162 valence electrons. The van der Waals surface area contributed by atoms with Gasteiger partial charge in [-0.1, -0.05) is 66.8 Å². The molecular formula is C30H21N3O. The second kappa shape index (κ2) is 7.33. The zero-order valence-corrected chi connectivity index (χ0v) is 18.4. The number of anilines is 2. The largest absolute Gasteiger partial charge is 0.456 e. The predicted molar refractivity (Wildman–Crippen MR) is 137 cm³/mol. The first-order chi connectivity index (χ1) is 16.8. The number of furan rings is 1. The summed E-state index contributed by atoms with van der Waals surface area (Å²) in [5.41, 5.74) is 7.41. The van der Waals surface area contributed by atoms with Gasteiger partial charge in [0.2, 0.25) is 0 Å². The van der Waals surface area contributed by atoms with E-state index in [2.05, 4.69) is 82.7 Å². The number of hydrogen-bond acceptors (Lipinski definition) is 4. The van der Waals surface area contributed by atoms with Crippen LogP contribution in [0.5, 0.6) is 0 Å². The van der Waals surface area contributed by atoms with E-state index in [1.807, 2.05) is 30.6 Å². The minimum absolute atomic E-state index is 0.147. The third-order valence-corrected chi connectivity index (χ3v) is 7.22. The molecule has 1 aromatic heterocycles. The topological polar surface area (TPSA) is 52.5 Å². The summed E-state index contributed by atoms with van der Waals surface area (Å²) in [5.74, 6) is 0.0418. The molecule has 4 nitrogen and oxygen atoms in total. The quantitative estimate of drug-likeness (QED) is 0.330. The molecular weight excluding hydrogens is 418 g/mol. The normalized spacial score (nSPS) is 22.6. The van der Waals surface area contributed by atoms with Crippen molar-refractivity contribution >= 4 is 45.1 Å². The number of fused-ring (bicyclic) bond motifs is 7. The van der Waals surface area contributed by atoms with Gasteiger partial charge in [0.1, 0.15) is 11.2 Å². The molecule has 1 aliphatic carbocycles. The molecule has 0 saturated heterocycles. The van der Waals surface area contributed by atoms with Crippen LogP contribution >= 0.6 is 0 Å². The highest BCUT2D eigenvalue weighted by molar-refractivity contribution is 6.14. The molecule has 4 heteroatoms. The Morgan fingerprint density at radius 1 is 0.941 bits per heavy atom. The maximum atomic E-state index is 9.86. The Hall–Kier alpha value is -4.36. The van der Waals surface area contributed by atoms with E-state index in [4.69, 9.17) is 4.42 Å². The van der Waals surface area contributed by atoms with E-state index in [9.17, 15) is 5.26 Å². The van der Waals surface area contributed by atoms with Crippen LogP contribution < -0.4 is 4.90 Å². The van der Waals surface area contributed by atoms with Gasteiger partial charge >= 0.3 is 0 Å². The maximum Gasteiger partial charge on any atom is 0.137 e. The summed E-state index contributed by atoms with van der Waals surface area (Å²) < 4.78 is 6.26. The van der Waals surface area contributed by atoms with Crippen LogP contribution in [0.25, 0.3) is 27.5 Å². The van der Waals surface area contributed by atoms with Crippen molar-refractivity contribution in [1.29, 1.82) is 5.26 Å². The molecule has 3 aliphatic rings. The van der Waals surface area contributed by atoms with Crippen molar-refractivity contribution in [3.05, 3.63) is 102 Å². The van der Waals surface area contributed by atoms with Gasteiger partial charge in [-0.25, -0.2) is 0 Å². The van der Waals surface area contributed by atoms with Crippen LogP contribution in [0.2, 0.25) is 0 Å². The number of hydrogen-bond donors (Lipinski definition) is 0. The molecule has 4 aromatic rings. The standard InChI is InChI=1S/C30H21N3O/c31-17-19-15-16-32-18-24(19)21-8-2-5-11-26(21)33-25-10-4-1-7-20(25)22-13-14-28-29(30(22)33)23-9-3-6-12-27(23)34-28/h1-14,16,18-20,25H,15H2. The third-order valence-electron chi connectivity index (χ3n) is 7.22. The lowest BCUT2D eigenvalue weighted by Crippen LogP contribution is -2.29. The molecule has 2 aliphatic heterocycles. The van der Waals surface area contributed by atoms with E-state index < -0.39 is 0 Å². The molecule has 0 spiro atoms. The van der Waals surface area contributed by atoms with Crippen molar-refractivity contribution < 1.29 is 4.42 Å². The molecule has 7 rings (SSSR count). The average molecular weight is 440 g/mol. The number of nitrogens with zero attached hydrogens (tertiary/aromatic N) is 3. The van der Waals surface area contributed by atoms with Gasteiger partial charge in [-0.2, -0.15) is 5.26 Å². The third kappa shape index (κ3) is 2.61. The smallest absolute Gasteiger partial charge is 0.137 e. The first kappa shape index (κ1) is 19.1. The van der Waals surface area contributed by atoms with Crippen LogP contribution in [-0.4, -0.2) is 12.3 Å². The number of benzene rings is 3. The molecule has 3 unspecified atom stereocenters. The Morgan fingerprint density at radius 2 is 1.79 bits per heavy atom. The van der Waals surface area contributed by atoms with Crippen molar-refractivity contribution in [2.75, 3.05) is 4.90 Å². The Balaban J connectivity index is 1.54. The zero-order valence-electron chi connectivity index (χ0n) is 18.4. The Labute approximate surface area is 197 Å². The molecule has 0 amide bonds. The second-order valence-electron chi connectivity index (χ2n) is 8.98. The van der Waals surface area contributed by atoms with Crippen molar-refractivity contribution in [1.82, 2.24) is 0 Å². The highest BCUT2D eigenvalue weighted by atomic mass is 16.3. The molecule has 3 aromatic carbocycles. The highest BCUT2D eigenvalue weighted by Gasteiger charge is 2.40. The molecule has 0 fully saturated rings. The van der Waals surface area contributed by atoms with Gasteiger partial charge in [0.25, 0.3) is 0 Å². The minimum atomic E-state index is -0.205. The molecule has 0 N–H and O–H groups in total.